The molecule has 1 aromatic rings. The number of nitrogen functional groups attached to an aromatic ring is 1. The second kappa shape index (κ2) is 7.27. The Morgan fingerprint density at radius 2 is 1.71 bits per heavy atom. The third-order valence-corrected chi connectivity index (χ3v) is 6.44. The smallest absolute Gasteiger partial charge is 0.243 e. The molecule has 0 heterocycles. The first kappa shape index (κ1) is 18.0. The molecule has 0 bridgehead atoms. The van der Waals surface area contributed by atoms with Crippen molar-refractivity contribution < 1.29 is 8.42 Å². The maximum Gasteiger partial charge on any atom is 0.243 e. The summed E-state index contributed by atoms with van der Waals surface area (Å²) >= 11 is 0. The standard InChI is InChI=1S/C16H28N2O2S/c1-6-14(7-2)11-18(8-3)21(19,20)16-12(4)9-10-15(17)13(16)5/h9-10,14H,6-8,11,17H2,1-5H3. The van der Waals surface area contributed by atoms with E-state index in [1.54, 1.807) is 23.4 Å². The molecule has 1 rings (SSSR count). The maximum absolute atomic E-state index is 13.0. The summed E-state index contributed by atoms with van der Waals surface area (Å²) in [6, 6.07) is 3.54. The lowest BCUT2D eigenvalue weighted by Gasteiger charge is -2.26. The molecule has 0 fully saturated rings. The monoisotopic (exact) mass is 312 g/mol. The molecule has 0 saturated carbocycles. The molecular formula is C16H28N2O2S. The molecule has 120 valence electrons. The van der Waals surface area contributed by atoms with Crippen molar-refractivity contribution in [1.29, 1.82) is 0 Å². The number of nitrogens with two attached hydrogens (primary N) is 1. The van der Waals surface area contributed by atoms with Crippen molar-refractivity contribution in [3.63, 3.8) is 0 Å². The van der Waals surface area contributed by atoms with Gasteiger partial charge in [0.05, 0.1) is 4.90 Å². The van der Waals surface area contributed by atoms with Gasteiger partial charge in [-0.15, -0.1) is 0 Å². The maximum atomic E-state index is 13.0. The Bertz CT molecular complexity index is 578. The van der Waals surface area contributed by atoms with Crippen molar-refractivity contribution >= 4 is 15.7 Å². The van der Waals surface area contributed by atoms with E-state index in [0.29, 0.717) is 35.2 Å². The first-order valence-corrected chi connectivity index (χ1v) is 9.09. The van der Waals surface area contributed by atoms with E-state index < -0.39 is 10.0 Å². The van der Waals surface area contributed by atoms with Crippen LogP contribution in [0.2, 0.25) is 0 Å². The van der Waals surface area contributed by atoms with Crippen LogP contribution in [0.5, 0.6) is 0 Å². The topological polar surface area (TPSA) is 63.4 Å². The van der Waals surface area contributed by atoms with Gasteiger partial charge in [-0.2, -0.15) is 4.31 Å². The number of nitrogens with zero attached hydrogens (tertiary/aromatic N) is 1. The number of benzene rings is 1. The van der Waals surface area contributed by atoms with Crippen molar-refractivity contribution in [2.75, 3.05) is 18.8 Å². The first-order chi connectivity index (χ1) is 9.79. The van der Waals surface area contributed by atoms with E-state index in [1.807, 2.05) is 13.8 Å². The van der Waals surface area contributed by atoms with Gasteiger partial charge in [0.2, 0.25) is 10.0 Å². The van der Waals surface area contributed by atoms with Gasteiger partial charge in [-0.1, -0.05) is 39.7 Å². The van der Waals surface area contributed by atoms with E-state index in [1.165, 1.54) is 0 Å². The Labute approximate surface area is 129 Å². The number of rotatable bonds is 7. The number of aryl methyl sites for hydroxylation is 1. The zero-order chi connectivity index (χ0) is 16.2. The summed E-state index contributed by atoms with van der Waals surface area (Å²) in [6.45, 7) is 10.7. The molecule has 0 aliphatic carbocycles. The number of hydrogen-bond acceptors (Lipinski definition) is 3. The van der Waals surface area contributed by atoms with Crippen molar-refractivity contribution in [3.8, 4) is 0 Å². The molecule has 2 N–H and O–H groups in total. The van der Waals surface area contributed by atoms with Crippen LogP contribution in [-0.2, 0) is 10.0 Å². The minimum absolute atomic E-state index is 0.371. The minimum atomic E-state index is -3.50. The lowest BCUT2D eigenvalue weighted by atomic mass is 10.0. The number of anilines is 1. The Balaban J connectivity index is 3.29. The fraction of sp³-hybridized carbons (Fsp3) is 0.625. The second-order valence-electron chi connectivity index (χ2n) is 5.56. The fourth-order valence-corrected chi connectivity index (χ4v) is 4.59. The largest absolute Gasteiger partial charge is 0.398 e. The normalized spacial score (nSPS) is 12.3. The van der Waals surface area contributed by atoms with Crippen molar-refractivity contribution in [1.82, 2.24) is 4.31 Å². The zero-order valence-electron chi connectivity index (χ0n) is 13.8. The highest BCUT2D eigenvalue weighted by molar-refractivity contribution is 7.89. The lowest BCUT2D eigenvalue weighted by Crippen LogP contribution is -2.36. The minimum Gasteiger partial charge on any atom is -0.398 e. The Kier molecular flexibility index (Phi) is 6.23. The molecule has 0 amide bonds. The molecule has 0 saturated heterocycles. The predicted octanol–water partition coefficient (Wildman–Crippen LogP) is 3.33. The summed E-state index contributed by atoms with van der Waals surface area (Å²) in [5.41, 5.74) is 7.83. The molecule has 0 aliphatic heterocycles. The van der Waals surface area contributed by atoms with Gasteiger partial charge in [-0.25, -0.2) is 8.42 Å². The quantitative estimate of drug-likeness (QED) is 0.785. The van der Waals surface area contributed by atoms with Gasteiger partial charge >= 0.3 is 0 Å². The van der Waals surface area contributed by atoms with Crippen LogP contribution in [0.25, 0.3) is 0 Å². The Morgan fingerprint density at radius 3 is 2.19 bits per heavy atom. The molecule has 21 heavy (non-hydrogen) atoms. The fourth-order valence-electron chi connectivity index (χ4n) is 2.60. The summed E-state index contributed by atoms with van der Waals surface area (Å²) in [4.78, 5) is 0.371. The number of sulfonamides is 1. The first-order valence-electron chi connectivity index (χ1n) is 7.65. The van der Waals surface area contributed by atoms with Gasteiger partial charge in [-0.05, 0) is 37.0 Å². The van der Waals surface area contributed by atoms with Gasteiger partial charge in [0.1, 0.15) is 0 Å². The molecular weight excluding hydrogens is 284 g/mol. The van der Waals surface area contributed by atoms with Gasteiger partial charge < -0.3 is 5.73 Å². The van der Waals surface area contributed by atoms with E-state index in [2.05, 4.69) is 13.8 Å². The van der Waals surface area contributed by atoms with Crippen LogP contribution in [0.1, 0.15) is 44.7 Å². The third kappa shape index (κ3) is 3.77. The molecule has 0 aromatic heterocycles. The molecule has 4 nitrogen and oxygen atoms in total. The van der Waals surface area contributed by atoms with Crippen LogP contribution >= 0.6 is 0 Å². The van der Waals surface area contributed by atoms with E-state index in [9.17, 15) is 8.42 Å². The Morgan fingerprint density at radius 1 is 1.14 bits per heavy atom. The summed E-state index contributed by atoms with van der Waals surface area (Å²) in [5.74, 6) is 0.390. The molecule has 0 atom stereocenters. The van der Waals surface area contributed by atoms with Crippen LogP contribution < -0.4 is 5.73 Å². The molecule has 1 aromatic carbocycles. The van der Waals surface area contributed by atoms with Crippen LogP contribution in [0.4, 0.5) is 5.69 Å². The molecule has 0 unspecified atom stereocenters. The highest BCUT2D eigenvalue weighted by Gasteiger charge is 2.28. The highest BCUT2D eigenvalue weighted by atomic mass is 32.2. The van der Waals surface area contributed by atoms with Crippen molar-refractivity contribution in [3.05, 3.63) is 23.3 Å². The van der Waals surface area contributed by atoms with E-state index in [-0.39, 0.29) is 0 Å². The van der Waals surface area contributed by atoms with Gasteiger partial charge in [0, 0.05) is 18.8 Å². The van der Waals surface area contributed by atoms with Crippen molar-refractivity contribution in [2.45, 2.75) is 52.4 Å². The van der Waals surface area contributed by atoms with Gasteiger partial charge in [0.15, 0.2) is 0 Å². The van der Waals surface area contributed by atoms with Crippen LogP contribution in [0.15, 0.2) is 17.0 Å². The van der Waals surface area contributed by atoms with Crippen molar-refractivity contribution in [2.24, 2.45) is 5.92 Å². The summed E-state index contributed by atoms with van der Waals surface area (Å²) in [6.07, 6.45) is 1.97. The Hall–Kier alpha value is -1.07. The second-order valence-corrected chi connectivity index (χ2v) is 7.44. The lowest BCUT2D eigenvalue weighted by molar-refractivity contribution is 0.339. The highest BCUT2D eigenvalue weighted by Crippen LogP contribution is 2.28. The molecule has 0 spiro atoms. The molecule has 5 heteroatoms. The van der Waals surface area contributed by atoms with Gasteiger partial charge in [0.25, 0.3) is 0 Å². The van der Waals surface area contributed by atoms with E-state index in [0.717, 1.165) is 18.4 Å². The average molecular weight is 312 g/mol. The van der Waals surface area contributed by atoms with Gasteiger partial charge in [-0.3, -0.25) is 0 Å². The third-order valence-electron chi connectivity index (χ3n) is 4.21. The van der Waals surface area contributed by atoms with Crippen LogP contribution in [0, 0.1) is 19.8 Å². The SMILES string of the molecule is CCC(CC)CN(CC)S(=O)(=O)c1c(C)ccc(N)c1C. The van der Waals surface area contributed by atoms with Crippen LogP contribution in [0.3, 0.4) is 0 Å². The number of hydrogen-bond donors (Lipinski definition) is 1. The molecule has 0 radical (unpaired) electrons. The predicted molar refractivity (Wildman–Crippen MR) is 88.8 cm³/mol. The summed E-state index contributed by atoms with van der Waals surface area (Å²) in [5, 5.41) is 0. The summed E-state index contributed by atoms with van der Waals surface area (Å²) < 4.78 is 27.6. The zero-order valence-corrected chi connectivity index (χ0v) is 14.6. The van der Waals surface area contributed by atoms with Crippen LogP contribution in [-0.4, -0.2) is 25.8 Å². The van der Waals surface area contributed by atoms with E-state index >= 15 is 0 Å². The summed E-state index contributed by atoms with van der Waals surface area (Å²) in [7, 11) is -3.50. The average Bonchev–Trinajstić information content (AvgIpc) is 2.44. The molecule has 0 aliphatic rings. The van der Waals surface area contributed by atoms with E-state index in [4.69, 9.17) is 5.73 Å².